The summed E-state index contributed by atoms with van der Waals surface area (Å²) in [5.41, 5.74) is 0.207. The van der Waals surface area contributed by atoms with Crippen molar-refractivity contribution in [3.63, 3.8) is 0 Å². The number of nitrogens with one attached hydrogen (secondary N) is 1. The maximum atomic E-state index is 12.8. The molecule has 0 saturated heterocycles. The molecule has 0 fully saturated rings. The summed E-state index contributed by atoms with van der Waals surface area (Å²) in [7, 11) is 0. The van der Waals surface area contributed by atoms with Crippen molar-refractivity contribution in [1.82, 2.24) is 15.0 Å². The fourth-order valence-corrected chi connectivity index (χ4v) is 2.20. The van der Waals surface area contributed by atoms with E-state index < -0.39 is 11.9 Å². The molecule has 102 valence electrons. The van der Waals surface area contributed by atoms with Gasteiger partial charge in [0.25, 0.3) is 0 Å². The van der Waals surface area contributed by atoms with Crippen molar-refractivity contribution in [2.24, 2.45) is 0 Å². The highest BCUT2D eigenvalue weighted by molar-refractivity contribution is 7.71. The van der Waals surface area contributed by atoms with Gasteiger partial charge in [0.1, 0.15) is 16.0 Å². The van der Waals surface area contributed by atoms with Gasteiger partial charge in [0.05, 0.1) is 5.69 Å². The first-order chi connectivity index (χ1) is 8.70. The Balaban J connectivity index is 2.74. The smallest absolute Gasteiger partial charge is 0.333 e. The van der Waals surface area contributed by atoms with E-state index in [1.807, 2.05) is 13.8 Å². The molecule has 2 heterocycles. The summed E-state index contributed by atoms with van der Waals surface area (Å²) >= 11 is 5.09. The SMILES string of the molecule is Cc1nc2cc(C(C)C)c(=S)nc-2[nH]c1C(F)(F)F. The van der Waals surface area contributed by atoms with E-state index in [4.69, 9.17) is 12.2 Å². The highest BCUT2D eigenvalue weighted by Gasteiger charge is 2.35. The van der Waals surface area contributed by atoms with Gasteiger partial charge in [-0.3, -0.25) is 0 Å². The van der Waals surface area contributed by atoms with Crippen LogP contribution in [0.1, 0.15) is 36.7 Å². The number of rotatable bonds is 1. The second-order valence-corrected chi connectivity index (χ2v) is 4.99. The molecule has 0 aliphatic carbocycles. The Hall–Kier alpha value is -1.50. The lowest BCUT2D eigenvalue weighted by molar-refractivity contribution is -0.141. The molecule has 2 rings (SSSR count). The zero-order chi connectivity index (χ0) is 14.4. The van der Waals surface area contributed by atoms with Crippen LogP contribution in [0.3, 0.4) is 0 Å². The lowest BCUT2D eigenvalue weighted by Gasteiger charge is -2.15. The fourth-order valence-electron chi connectivity index (χ4n) is 1.81. The van der Waals surface area contributed by atoms with Gasteiger partial charge in [-0.15, -0.1) is 0 Å². The summed E-state index contributed by atoms with van der Waals surface area (Å²) in [5, 5.41) is 0. The van der Waals surface area contributed by atoms with E-state index in [-0.39, 0.29) is 17.4 Å². The van der Waals surface area contributed by atoms with E-state index in [0.29, 0.717) is 10.3 Å². The zero-order valence-corrected chi connectivity index (χ0v) is 11.4. The van der Waals surface area contributed by atoms with Crippen molar-refractivity contribution in [2.75, 3.05) is 0 Å². The minimum atomic E-state index is -4.48. The fraction of sp³-hybridized carbons (Fsp3) is 0.417. The Morgan fingerprint density at radius 3 is 2.42 bits per heavy atom. The van der Waals surface area contributed by atoms with Crippen LogP contribution in [0, 0.1) is 11.6 Å². The monoisotopic (exact) mass is 287 g/mol. The quantitative estimate of drug-likeness (QED) is 0.803. The standard InChI is InChI=1S/C12H12F3N3S/c1-5(2)7-4-8-10(18-11(7)19)17-9(6(3)16-8)12(13,14)15/h4-5H,1-3H3,(H,17,18,19). The number of hydrogen-bond donors (Lipinski definition) is 1. The van der Waals surface area contributed by atoms with Gasteiger partial charge in [-0.1, -0.05) is 26.1 Å². The molecule has 7 heteroatoms. The molecule has 0 radical (unpaired) electrons. The first kappa shape index (κ1) is 13.9. The number of alkyl halides is 3. The van der Waals surface area contributed by atoms with Crippen molar-refractivity contribution in [3.05, 3.63) is 27.7 Å². The second kappa shape index (κ2) is 4.56. The number of aryl methyl sites for hydroxylation is 1. The number of aromatic nitrogens is 3. The summed E-state index contributed by atoms with van der Waals surface area (Å²) in [6, 6.07) is 1.69. The zero-order valence-electron chi connectivity index (χ0n) is 10.6. The molecule has 1 N–H and O–H groups in total. The van der Waals surface area contributed by atoms with Gasteiger partial charge in [0.15, 0.2) is 5.82 Å². The summed E-state index contributed by atoms with van der Waals surface area (Å²) in [6.45, 7) is 5.20. The third-order valence-electron chi connectivity index (χ3n) is 2.79. The molecular weight excluding hydrogens is 275 g/mol. The third-order valence-corrected chi connectivity index (χ3v) is 3.12. The molecule has 0 saturated carbocycles. The van der Waals surface area contributed by atoms with E-state index in [1.165, 1.54) is 6.92 Å². The molecule has 2 aliphatic heterocycles. The van der Waals surface area contributed by atoms with Gasteiger partial charge in [0, 0.05) is 0 Å². The maximum absolute atomic E-state index is 12.8. The Labute approximate surface area is 113 Å². The van der Waals surface area contributed by atoms with E-state index in [0.717, 1.165) is 5.56 Å². The number of halogens is 3. The molecule has 0 spiro atoms. The second-order valence-electron chi connectivity index (χ2n) is 4.60. The van der Waals surface area contributed by atoms with Crippen LogP contribution in [0.2, 0.25) is 0 Å². The van der Waals surface area contributed by atoms with E-state index in [2.05, 4.69) is 15.0 Å². The molecule has 0 atom stereocenters. The molecule has 3 nitrogen and oxygen atoms in total. The van der Waals surface area contributed by atoms with Crippen molar-refractivity contribution in [3.8, 4) is 11.5 Å². The van der Waals surface area contributed by atoms with Gasteiger partial charge in [-0.25, -0.2) is 9.97 Å². The minimum Gasteiger partial charge on any atom is -0.333 e. The molecule has 19 heavy (non-hydrogen) atoms. The largest absolute Gasteiger partial charge is 0.433 e. The number of pyridine rings is 1. The minimum absolute atomic E-state index is 0.0623. The third kappa shape index (κ3) is 2.60. The van der Waals surface area contributed by atoms with Crippen molar-refractivity contribution in [1.29, 1.82) is 0 Å². The molecule has 0 amide bonds. The number of fused-ring (bicyclic) bond motifs is 1. The first-order valence-electron chi connectivity index (χ1n) is 5.69. The lowest BCUT2D eigenvalue weighted by Crippen LogP contribution is -2.14. The van der Waals surface area contributed by atoms with Crippen LogP contribution in [0.5, 0.6) is 0 Å². The van der Waals surface area contributed by atoms with Crippen molar-refractivity contribution < 1.29 is 13.2 Å². The Morgan fingerprint density at radius 2 is 1.89 bits per heavy atom. The Bertz CT molecular complexity index is 646. The summed E-state index contributed by atoms with van der Waals surface area (Å²) in [4.78, 5) is 10.3. The van der Waals surface area contributed by atoms with Crippen LogP contribution in [-0.4, -0.2) is 15.0 Å². The first-order valence-corrected chi connectivity index (χ1v) is 6.09. The molecule has 0 bridgehead atoms. The van der Waals surface area contributed by atoms with Crippen LogP contribution < -0.4 is 0 Å². The maximum Gasteiger partial charge on any atom is 0.433 e. The van der Waals surface area contributed by atoms with Crippen LogP contribution >= 0.6 is 12.2 Å². The van der Waals surface area contributed by atoms with Crippen LogP contribution in [0.4, 0.5) is 13.2 Å². The summed E-state index contributed by atoms with van der Waals surface area (Å²) in [6.07, 6.45) is -4.48. The normalized spacial score (nSPS) is 12.4. The molecule has 0 aromatic carbocycles. The van der Waals surface area contributed by atoms with Crippen LogP contribution in [0.15, 0.2) is 6.07 Å². The number of H-pyrrole nitrogens is 1. The molecule has 0 aromatic rings. The number of hydrogen-bond acceptors (Lipinski definition) is 3. The molecule has 2 aliphatic rings. The van der Waals surface area contributed by atoms with Gasteiger partial charge >= 0.3 is 6.18 Å². The van der Waals surface area contributed by atoms with Gasteiger partial charge in [-0.2, -0.15) is 13.2 Å². The lowest BCUT2D eigenvalue weighted by atomic mass is 10.0. The van der Waals surface area contributed by atoms with Gasteiger partial charge in [0.2, 0.25) is 0 Å². The highest BCUT2D eigenvalue weighted by atomic mass is 32.1. The number of aromatic amines is 1. The van der Waals surface area contributed by atoms with Crippen molar-refractivity contribution >= 4 is 12.2 Å². The average molecular weight is 287 g/mol. The number of nitrogens with zero attached hydrogens (tertiary/aromatic N) is 2. The topological polar surface area (TPSA) is 41.6 Å². The molecular formula is C12H12F3N3S. The van der Waals surface area contributed by atoms with Gasteiger partial charge < -0.3 is 4.98 Å². The molecule has 0 aromatic heterocycles. The highest BCUT2D eigenvalue weighted by Crippen LogP contribution is 2.32. The Kier molecular flexibility index (Phi) is 3.34. The van der Waals surface area contributed by atoms with E-state index >= 15 is 0 Å². The average Bonchev–Trinajstić information content (AvgIpc) is 2.26. The predicted molar refractivity (Wildman–Crippen MR) is 67.7 cm³/mol. The van der Waals surface area contributed by atoms with Crippen LogP contribution in [-0.2, 0) is 6.18 Å². The van der Waals surface area contributed by atoms with Crippen molar-refractivity contribution in [2.45, 2.75) is 32.9 Å². The van der Waals surface area contributed by atoms with E-state index in [1.54, 1.807) is 6.07 Å². The summed E-state index contributed by atoms with van der Waals surface area (Å²) in [5.74, 6) is 0.209. The molecule has 0 unspecified atom stereocenters. The van der Waals surface area contributed by atoms with Gasteiger partial charge in [-0.05, 0) is 24.5 Å². The van der Waals surface area contributed by atoms with Crippen LogP contribution in [0.25, 0.3) is 11.5 Å². The predicted octanol–water partition coefficient (Wildman–Crippen LogP) is 4.09. The van der Waals surface area contributed by atoms with E-state index in [9.17, 15) is 13.2 Å². The summed E-state index contributed by atoms with van der Waals surface area (Å²) < 4.78 is 38.6. The Morgan fingerprint density at radius 1 is 1.26 bits per heavy atom.